The summed E-state index contributed by atoms with van der Waals surface area (Å²) in [6, 6.07) is 11.6. The summed E-state index contributed by atoms with van der Waals surface area (Å²) < 4.78 is 78.0. The summed E-state index contributed by atoms with van der Waals surface area (Å²) in [5.41, 5.74) is 0.218. The molecule has 0 aliphatic rings. The number of alkyl halides is 3. The minimum absolute atomic E-state index is 0.135. The molecule has 0 spiro atoms. The summed E-state index contributed by atoms with van der Waals surface area (Å²) in [5.74, 6) is -1.38. The van der Waals surface area contributed by atoms with Gasteiger partial charge in [-0.05, 0) is 17.7 Å². The van der Waals surface area contributed by atoms with Crippen molar-refractivity contribution in [3.8, 4) is 0 Å². The zero-order valence-corrected chi connectivity index (χ0v) is 15.2. The van der Waals surface area contributed by atoms with E-state index < -0.39 is 40.9 Å². The molecule has 0 unspecified atom stereocenters. The van der Waals surface area contributed by atoms with Crippen molar-refractivity contribution in [2.45, 2.75) is 18.5 Å². The first kappa shape index (κ1) is 19.9. The van der Waals surface area contributed by atoms with Gasteiger partial charge in [0.2, 0.25) is 10.0 Å². The molecular formula is C16H14BrF4NO2S. The molecule has 136 valence electrons. The Labute approximate surface area is 151 Å². The third kappa shape index (κ3) is 6.09. The highest BCUT2D eigenvalue weighted by molar-refractivity contribution is 9.10. The third-order valence-electron chi connectivity index (χ3n) is 3.30. The predicted molar refractivity (Wildman–Crippen MR) is 89.6 cm³/mol. The van der Waals surface area contributed by atoms with E-state index in [0.29, 0.717) is 10.0 Å². The van der Waals surface area contributed by atoms with Gasteiger partial charge in [0, 0.05) is 16.6 Å². The minimum atomic E-state index is -4.74. The largest absolute Gasteiger partial charge is 0.402 e. The van der Waals surface area contributed by atoms with Crippen molar-refractivity contribution < 1.29 is 26.0 Å². The van der Waals surface area contributed by atoms with Crippen LogP contribution in [0.25, 0.3) is 0 Å². The maximum atomic E-state index is 13.9. The Hall–Kier alpha value is -1.45. The average Bonchev–Trinajstić information content (AvgIpc) is 2.48. The molecule has 0 bridgehead atoms. The van der Waals surface area contributed by atoms with E-state index in [2.05, 4.69) is 15.9 Å². The second kappa shape index (κ2) is 7.84. The molecule has 0 aromatic heterocycles. The molecule has 0 saturated heterocycles. The lowest BCUT2D eigenvalue weighted by atomic mass is 10.2. The van der Waals surface area contributed by atoms with Crippen LogP contribution < -0.4 is 0 Å². The van der Waals surface area contributed by atoms with Crippen LogP contribution in [0.3, 0.4) is 0 Å². The molecule has 9 heteroatoms. The Bertz CT molecular complexity index is 826. The van der Waals surface area contributed by atoms with Crippen LogP contribution in [-0.2, 0) is 22.3 Å². The number of rotatable bonds is 6. The van der Waals surface area contributed by atoms with Crippen molar-refractivity contribution in [1.29, 1.82) is 0 Å². The van der Waals surface area contributed by atoms with Crippen LogP contribution in [0.2, 0.25) is 0 Å². The van der Waals surface area contributed by atoms with Crippen molar-refractivity contribution >= 4 is 26.0 Å². The smallest absolute Gasteiger partial charge is 0.212 e. The number of sulfonamides is 1. The molecule has 0 fully saturated rings. The maximum absolute atomic E-state index is 13.9. The highest BCUT2D eigenvalue weighted by Crippen LogP contribution is 2.24. The molecule has 0 aliphatic heterocycles. The average molecular weight is 440 g/mol. The Morgan fingerprint density at radius 1 is 1.04 bits per heavy atom. The van der Waals surface area contributed by atoms with Crippen LogP contribution in [0.4, 0.5) is 17.6 Å². The van der Waals surface area contributed by atoms with Crippen molar-refractivity contribution in [2.24, 2.45) is 0 Å². The lowest BCUT2D eigenvalue weighted by Crippen LogP contribution is -2.39. The molecule has 2 aromatic carbocycles. The fraction of sp³-hybridized carbons (Fsp3) is 0.250. The van der Waals surface area contributed by atoms with Crippen molar-refractivity contribution in [2.75, 3.05) is 6.54 Å². The van der Waals surface area contributed by atoms with Gasteiger partial charge in [-0.25, -0.2) is 12.8 Å². The van der Waals surface area contributed by atoms with E-state index in [9.17, 15) is 26.0 Å². The first-order chi connectivity index (χ1) is 11.6. The molecule has 0 amide bonds. The Balaban J connectivity index is 2.31. The fourth-order valence-corrected chi connectivity index (χ4v) is 3.98. The molecule has 0 heterocycles. The van der Waals surface area contributed by atoms with Crippen LogP contribution in [0.5, 0.6) is 0 Å². The molecule has 2 aromatic rings. The van der Waals surface area contributed by atoms with E-state index in [1.165, 1.54) is 24.3 Å². The molecule has 25 heavy (non-hydrogen) atoms. The number of hydrogen-bond donors (Lipinski definition) is 0. The summed E-state index contributed by atoms with van der Waals surface area (Å²) in [6.45, 7) is -2.38. The Morgan fingerprint density at radius 2 is 1.68 bits per heavy atom. The molecule has 0 saturated carbocycles. The van der Waals surface area contributed by atoms with Gasteiger partial charge in [0.25, 0.3) is 0 Å². The van der Waals surface area contributed by atoms with Crippen molar-refractivity contribution in [3.05, 3.63) is 69.9 Å². The molecule has 3 nitrogen and oxygen atoms in total. The van der Waals surface area contributed by atoms with Crippen LogP contribution in [0, 0.1) is 5.82 Å². The minimum Gasteiger partial charge on any atom is -0.212 e. The van der Waals surface area contributed by atoms with E-state index in [4.69, 9.17) is 0 Å². The maximum Gasteiger partial charge on any atom is 0.402 e. The second-order valence-corrected chi connectivity index (χ2v) is 8.25. The number of nitrogens with zero attached hydrogens (tertiary/aromatic N) is 1. The Kier molecular flexibility index (Phi) is 6.23. The zero-order chi connectivity index (χ0) is 18.7. The van der Waals surface area contributed by atoms with Crippen LogP contribution in [0.15, 0.2) is 53.0 Å². The number of benzene rings is 2. The summed E-state index contributed by atoms with van der Waals surface area (Å²) in [5, 5.41) is 0. The molecule has 0 radical (unpaired) electrons. The molecule has 0 N–H and O–H groups in total. The van der Waals surface area contributed by atoms with Gasteiger partial charge in [0.05, 0.1) is 5.75 Å². The topological polar surface area (TPSA) is 37.4 Å². The highest BCUT2D eigenvalue weighted by Gasteiger charge is 2.36. The second-order valence-electron chi connectivity index (χ2n) is 5.36. The lowest BCUT2D eigenvalue weighted by Gasteiger charge is -2.24. The van der Waals surface area contributed by atoms with E-state index in [0.717, 1.165) is 6.07 Å². The number of hydrogen-bond acceptors (Lipinski definition) is 2. The zero-order valence-electron chi connectivity index (χ0n) is 12.8. The lowest BCUT2D eigenvalue weighted by molar-refractivity contribution is -0.137. The molecular weight excluding hydrogens is 426 g/mol. The van der Waals surface area contributed by atoms with Gasteiger partial charge in [0.1, 0.15) is 12.4 Å². The quantitative estimate of drug-likeness (QED) is 0.622. The Morgan fingerprint density at radius 3 is 2.24 bits per heavy atom. The van der Waals surface area contributed by atoms with Crippen molar-refractivity contribution in [3.63, 3.8) is 0 Å². The van der Waals surface area contributed by atoms with Gasteiger partial charge in [0.15, 0.2) is 0 Å². The first-order valence-electron chi connectivity index (χ1n) is 7.09. The van der Waals surface area contributed by atoms with E-state index in [1.807, 2.05) is 0 Å². The van der Waals surface area contributed by atoms with Crippen LogP contribution in [-0.4, -0.2) is 25.4 Å². The van der Waals surface area contributed by atoms with E-state index >= 15 is 0 Å². The van der Waals surface area contributed by atoms with Gasteiger partial charge in [-0.2, -0.15) is 17.5 Å². The van der Waals surface area contributed by atoms with Gasteiger partial charge < -0.3 is 0 Å². The molecule has 2 rings (SSSR count). The van der Waals surface area contributed by atoms with Gasteiger partial charge in [-0.15, -0.1) is 0 Å². The van der Waals surface area contributed by atoms with Gasteiger partial charge in [-0.1, -0.05) is 52.3 Å². The summed E-state index contributed by atoms with van der Waals surface area (Å²) in [4.78, 5) is 0. The standard InChI is InChI=1S/C16H14BrF4NO2S/c17-14-7-6-13(15(18)8-14)9-22(11-16(19,20)21)25(23,24)10-12-4-2-1-3-5-12/h1-8H,9-11H2. The van der Waals surface area contributed by atoms with Gasteiger partial charge in [-0.3, -0.25) is 0 Å². The predicted octanol–water partition coefficient (Wildman–Crippen LogP) is 4.48. The normalized spacial score (nSPS) is 12.6. The number of halogens is 5. The molecule has 0 atom stereocenters. The van der Waals surface area contributed by atoms with Crippen LogP contribution >= 0.6 is 15.9 Å². The fourth-order valence-electron chi connectivity index (χ4n) is 2.17. The SMILES string of the molecule is O=S(=O)(Cc1ccccc1)N(Cc1ccc(Br)cc1F)CC(F)(F)F. The summed E-state index contributed by atoms with van der Waals surface area (Å²) >= 11 is 3.04. The van der Waals surface area contributed by atoms with E-state index in [-0.39, 0.29) is 9.87 Å². The van der Waals surface area contributed by atoms with Gasteiger partial charge >= 0.3 is 6.18 Å². The monoisotopic (exact) mass is 439 g/mol. The van der Waals surface area contributed by atoms with Crippen molar-refractivity contribution in [1.82, 2.24) is 4.31 Å². The van der Waals surface area contributed by atoms with E-state index in [1.54, 1.807) is 18.2 Å². The first-order valence-corrected chi connectivity index (χ1v) is 9.49. The third-order valence-corrected chi connectivity index (χ3v) is 5.54. The van der Waals surface area contributed by atoms with Crippen LogP contribution in [0.1, 0.15) is 11.1 Å². The summed E-state index contributed by atoms with van der Waals surface area (Å²) in [6.07, 6.45) is -4.74. The summed E-state index contributed by atoms with van der Waals surface area (Å²) in [7, 11) is -4.30. The molecule has 0 aliphatic carbocycles. The highest BCUT2D eigenvalue weighted by atomic mass is 79.9.